The Morgan fingerprint density at radius 1 is 1.00 bits per heavy atom. The monoisotopic (exact) mass is 366 g/mol. The molecule has 0 aromatic heterocycles. The highest BCUT2D eigenvalue weighted by atomic mass is 16.5. The second-order valence-corrected chi connectivity index (χ2v) is 9.49. The molecule has 0 bridgehead atoms. The van der Waals surface area contributed by atoms with Crippen LogP contribution in [0.3, 0.4) is 0 Å². The van der Waals surface area contributed by atoms with Crippen LogP contribution >= 0.6 is 0 Å². The van der Waals surface area contributed by atoms with Gasteiger partial charge in [-0.3, -0.25) is 0 Å². The summed E-state index contributed by atoms with van der Waals surface area (Å²) in [6, 6.07) is 9.11. The Hall–Kier alpha value is -1.32. The highest BCUT2D eigenvalue weighted by Gasteiger charge is 2.54. The molecule has 2 heterocycles. The zero-order valence-corrected chi connectivity index (χ0v) is 17.0. The normalized spacial score (nSPS) is 36.3. The summed E-state index contributed by atoms with van der Waals surface area (Å²) in [6.45, 7) is 0.764. The lowest BCUT2D eigenvalue weighted by molar-refractivity contribution is -0.107. The Kier molecular flexibility index (Phi) is 4.36. The van der Waals surface area contributed by atoms with Crippen molar-refractivity contribution in [2.75, 3.05) is 26.0 Å². The molecule has 0 radical (unpaired) electrons. The summed E-state index contributed by atoms with van der Waals surface area (Å²) in [5.41, 5.74) is 4.50. The van der Waals surface area contributed by atoms with Crippen LogP contribution < -0.4 is 5.32 Å². The average molecular weight is 367 g/mol. The lowest BCUT2D eigenvalue weighted by atomic mass is 9.61. The van der Waals surface area contributed by atoms with E-state index in [1.54, 1.807) is 0 Å². The molecule has 1 N–H and O–H groups in total. The molecule has 2 aliphatic carbocycles. The Labute approximate surface area is 164 Å². The molecule has 1 aromatic rings. The number of nitrogens with zero attached hydrogens (tertiary/aromatic N) is 1. The van der Waals surface area contributed by atoms with E-state index in [0.29, 0.717) is 11.6 Å². The van der Waals surface area contributed by atoms with E-state index in [9.17, 15) is 0 Å². The van der Waals surface area contributed by atoms with E-state index in [0.717, 1.165) is 12.5 Å². The predicted molar refractivity (Wildman–Crippen MR) is 112 cm³/mol. The number of anilines is 1. The van der Waals surface area contributed by atoms with E-state index in [1.165, 1.54) is 74.6 Å². The van der Waals surface area contributed by atoms with E-state index in [2.05, 4.69) is 54.7 Å². The van der Waals surface area contributed by atoms with E-state index < -0.39 is 0 Å². The van der Waals surface area contributed by atoms with Crippen LogP contribution in [0.5, 0.6) is 0 Å². The van der Waals surface area contributed by atoms with Gasteiger partial charge in [-0.15, -0.1) is 0 Å². The summed E-state index contributed by atoms with van der Waals surface area (Å²) >= 11 is 0. The minimum Gasteiger partial charge on any atom is -0.375 e. The van der Waals surface area contributed by atoms with Gasteiger partial charge in [0.15, 0.2) is 0 Å². The maximum atomic E-state index is 6.55. The summed E-state index contributed by atoms with van der Waals surface area (Å²) in [4.78, 5) is 2.58. The summed E-state index contributed by atoms with van der Waals surface area (Å²) in [7, 11) is 4.65. The van der Waals surface area contributed by atoms with Gasteiger partial charge < -0.3 is 15.0 Å². The number of hydrogen-bond acceptors (Lipinski definition) is 3. The Morgan fingerprint density at radius 2 is 1.74 bits per heavy atom. The molecular weight excluding hydrogens is 332 g/mol. The quantitative estimate of drug-likeness (QED) is 0.789. The van der Waals surface area contributed by atoms with Crippen molar-refractivity contribution in [3.05, 3.63) is 35.9 Å². The van der Waals surface area contributed by atoms with Gasteiger partial charge in [0, 0.05) is 16.8 Å². The summed E-state index contributed by atoms with van der Waals surface area (Å²) in [6.07, 6.45) is 14.3. The van der Waals surface area contributed by atoms with Crippen LogP contribution in [0.15, 0.2) is 30.3 Å². The van der Waals surface area contributed by atoms with Crippen molar-refractivity contribution < 1.29 is 4.74 Å². The molecule has 1 spiro atoms. The fraction of sp³-hybridized carbons (Fsp3) is 0.667. The number of para-hydroxylation sites is 1. The van der Waals surface area contributed by atoms with Gasteiger partial charge in [-0.25, -0.2) is 0 Å². The summed E-state index contributed by atoms with van der Waals surface area (Å²) in [5.74, 6) is 0.867. The topological polar surface area (TPSA) is 24.5 Å². The third-order valence-corrected chi connectivity index (χ3v) is 8.27. The number of fused-ring (bicyclic) bond motifs is 4. The zero-order valence-electron chi connectivity index (χ0n) is 17.0. The fourth-order valence-electron chi connectivity index (χ4n) is 6.67. The third kappa shape index (κ3) is 2.69. The number of rotatable bonds is 2. The molecule has 1 atom stereocenters. The Balaban J connectivity index is 1.40. The molecule has 2 fully saturated rings. The molecule has 2 aliphatic heterocycles. The summed E-state index contributed by atoms with van der Waals surface area (Å²) in [5, 5.41) is 3.83. The van der Waals surface area contributed by atoms with Crippen molar-refractivity contribution in [3.63, 3.8) is 0 Å². The van der Waals surface area contributed by atoms with Gasteiger partial charge in [0.05, 0.1) is 18.2 Å². The Bertz CT molecular complexity index is 724. The predicted octanol–water partition coefficient (Wildman–Crippen LogP) is 5.09. The van der Waals surface area contributed by atoms with Gasteiger partial charge >= 0.3 is 0 Å². The minimum absolute atomic E-state index is 0.0305. The van der Waals surface area contributed by atoms with Crippen LogP contribution in [-0.4, -0.2) is 42.8 Å². The molecule has 0 amide bonds. The molecule has 146 valence electrons. The van der Waals surface area contributed by atoms with Gasteiger partial charge in [0.25, 0.3) is 0 Å². The molecular formula is C24H34N2O. The summed E-state index contributed by atoms with van der Waals surface area (Å²) < 4.78 is 6.55. The van der Waals surface area contributed by atoms with Crippen molar-refractivity contribution in [2.45, 2.75) is 75.0 Å². The first-order valence-corrected chi connectivity index (χ1v) is 11.0. The molecule has 1 aromatic carbocycles. The molecule has 27 heavy (non-hydrogen) atoms. The van der Waals surface area contributed by atoms with Crippen molar-refractivity contribution >= 4 is 11.3 Å². The third-order valence-electron chi connectivity index (χ3n) is 8.27. The molecule has 4 aliphatic rings. The molecule has 5 rings (SSSR count). The van der Waals surface area contributed by atoms with Crippen LogP contribution in [0.4, 0.5) is 5.69 Å². The molecule has 1 unspecified atom stereocenters. The van der Waals surface area contributed by atoms with Crippen molar-refractivity contribution in [3.8, 4) is 0 Å². The van der Waals surface area contributed by atoms with Crippen LogP contribution in [-0.2, 0) is 4.74 Å². The zero-order chi connectivity index (χ0) is 18.5. The van der Waals surface area contributed by atoms with Gasteiger partial charge in [0.2, 0.25) is 0 Å². The average Bonchev–Trinajstić information content (AvgIpc) is 3.10. The number of benzene rings is 1. The van der Waals surface area contributed by atoms with E-state index >= 15 is 0 Å². The first kappa shape index (κ1) is 17.8. The first-order valence-electron chi connectivity index (χ1n) is 11.0. The number of hydrogen-bond donors (Lipinski definition) is 1. The van der Waals surface area contributed by atoms with Crippen LogP contribution in [0.2, 0.25) is 0 Å². The van der Waals surface area contributed by atoms with E-state index in [4.69, 9.17) is 4.74 Å². The van der Waals surface area contributed by atoms with Gasteiger partial charge in [-0.2, -0.15) is 0 Å². The first-order chi connectivity index (χ1) is 13.1. The largest absolute Gasteiger partial charge is 0.375 e. The second kappa shape index (κ2) is 6.63. The van der Waals surface area contributed by atoms with E-state index in [1.807, 2.05) is 0 Å². The lowest BCUT2D eigenvalue weighted by Crippen LogP contribution is -2.60. The van der Waals surface area contributed by atoms with Gasteiger partial charge in [0.1, 0.15) is 0 Å². The van der Waals surface area contributed by atoms with Crippen LogP contribution in [0.1, 0.15) is 63.4 Å². The maximum absolute atomic E-state index is 6.55. The van der Waals surface area contributed by atoms with Crippen LogP contribution in [0, 0.1) is 5.92 Å². The number of nitrogens with one attached hydrogen (secondary N) is 1. The van der Waals surface area contributed by atoms with Crippen LogP contribution in [0.25, 0.3) is 5.57 Å². The van der Waals surface area contributed by atoms with Crippen molar-refractivity contribution in [1.82, 2.24) is 4.90 Å². The highest BCUT2D eigenvalue weighted by Crippen LogP contribution is 2.53. The molecule has 3 heteroatoms. The molecule has 3 nitrogen and oxygen atoms in total. The lowest BCUT2D eigenvalue weighted by Gasteiger charge is -2.56. The smallest absolute Gasteiger partial charge is 0.0930 e. The van der Waals surface area contributed by atoms with Crippen molar-refractivity contribution in [1.29, 1.82) is 0 Å². The van der Waals surface area contributed by atoms with Gasteiger partial charge in [-0.05, 0) is 70.2 Å². The highest BCUT2D eigenvalue weighted by molar-refractivity contribution is 5.88. The standard InChI is InChI=1S/C24H34N2O/c1-26(2)23(18-8-4-3-5-9-18)13-15-24(16-14-23)22-20(12-17-27-24)19-10-6-7-11-21(19)25-22/h6-7,10-12,18,22,25H,3-5,8-9,13-17H2,1-2H3. The fourth-order valence-corrected chi connectivity index (χ4v) is 6.67. The second-order valence-electron chi connectivity index (χ2n) is 9.49. The number of ether oxygens (including phenoxy) is 1. The minimum atomic E-state index is -0.0305. The SMILES string of the molecule is CN(C)C1(C2CCCCC2)CCC2(CC1)OCC=C1c3ccccc3NC12. The molecule has 2 saturated carbocycles. The van der Waals surface area contributed by atoms with Crippen molar-refractivity contribution in [2.24, 2.45) is 5.92 Å². The van der Waals surface area contributed by atoms with E-state index in [-0.39, 0.29) is 5.60 Å². The maximum Gasteiger partial charge on any atom is 0.0930 e. The van der Waals surface area contributed by atoms with Gasteiger partial charge in [-0.1, -0.05) is 43.5 Å². The molecule has 0 saturated heterocycles. The Morgan fingerprint density at radius 3 is 2.48 bits per heavy atom.